The van der Waals surface area contributed by atoms with E-state index in [-0.39, 0.29) is 0 Å². The summed E-state index contributed by atoms with van der Waals surface area (Å²) in [5, 5.41) is 0. The van der Waals surface area contributed by atoms with Gasteiger partial charge in [-0.15, -0.1) is 0 Å². The van der Waals surface area contributed by atoms with Crippen molar-refractivity contribution in [1.82, 2.24) is 0 Å². The van der Waals surface area contributed by atoms with Gasteiger partial charge in [0.05, 0.1) is 0 Å². The number of hydrogen-bond donors (Lipinski definition) is 0. The molecule has 1 unspecified atom stereocenters. The van der Waals surface area contributed by atoms with E-state index in [2.05, 4.69) is 50.3 Å². The van der Waals surface area contributed by atoms with Gasteiger partial charge in [-0.2, -0.15) is 0 Å². The van der Waals surface area contributed by atoms with Crippen LogP contribution in [0, 0.1) is 0 Å². The maximum absolute atomic E-state index is 2.45. The predicted molar refractivity (Wildman–Crippen MR) is 53.1 cm³/mol. The number of rotatable bonds is 2. The van der Waals surface area contributed by atoms with Gasteiger partial charge in [-0.3, -0.25) is 0 Å². The van der Waals surface area contributed by atoms with Crippen LogP contribution in [0.25, 0.3) is 0 Å². The summed E-state index contributed by atoms with van der Waals surface area (Å²) in [5.41, 5.74) is 1.45. The van der Waals surface area contributed by atoms with E-state index in [0.29, 0.717) is 3.17 Å². The fraction of sp³-hybridized carbons (Fsp3) is 0.333. The molecule has 0 fully saturated rings. The Balaban J connectivity index is 2.06. The van der Waals surface area contributed by atoms with Gasteiger partial charge in [0.15, 0.2) is 0 Å². The molecule has 0 spiro atoms. The minimum absolute atomic E-state index is 0.474. The third kappa shape index (κ3) is 2.19. The molecular weight excluding hydrogens is 323 g/mol. The van der Waals surface area contributed by atoms with Crippen molar-refractivity contribution < 1.29 is 22.9 Å². The summed E-state index contributed by atoms with van der Waals surface area (Å²) >= 11 is -0.650. The van der Waals surface area contributed by atoms with E-state index in [9.17, 15) is 0 Å². The molecule has 0 nitrogen and oxygen atoms in total. The van der Waals surface area contributed by atoms with Crippen LogP contribution in [-0.2, 0) is 22.9 Å². The standard InChI is InChI=1S/C7H9.C5H5.Hf/c1-6-3-4-7(2)5-6;1-2-4-5-3-1;/h3-5H,1-2H3;1-3H,4H2;. The van der Waals surface area contributed by atoms with Crippen molar-refractivity contribution in [3.8, 4) is 0 Å². The van der Waals surface area contributed by atoms with Crippen molar-refractivity contribution in [2.24, 2.45) is 0 Å². The molecule has 0 aromatic carbocycles. The Labute approximate surface area is 91.5 Å². The Morgan fingerprint density at radius 2 is 2.31 bits per heavy atom. The summed E-state index contributed by atoms with van der Waals surface area (Å²) in [6.45, 7) is 4.59. The van der Waals surface area contributed by atoms with E-state index in [0.717, 1.165) is 0 Å². The molecule has 2 aliphatic rings. The summed E-state index contributed by atoms with van der Waals surface area (Å²) < 4.78 is 2.22. The molecule has 1 atom stereocenters. The van der Waals surface area contributed by atoms with Gasteiger partial charge in [-0.25, -0.2) is 0 Å². The van der Waals surface area contributed by atoms with Crippen LogP contribution in [0.3, 0.4) is 0 Å². The summed E-state index contributed by atoms with van der Waals surface area (Å²) in [5.74, 6) is 0. The molecule has 0 N–H and O–H groups in total. The zero-order chi connectivity index (χ0) is 9.31. The van der Waals surface area contributed by atoms with E-state index in [1.54, 1.807) is 3.33 Å². The molecule has 0 radical (unpaired) electrons. The zero-order valence-electron chi connectivity index (χ0n) is 8.17. The monoisotopic (exact) mass is 338 g/mol. The van der Waals surface area contributed by atoms with Crippen LogP contribution in [0.1, 0.15) is 20.3 Å². The van der Waals surface area contributed by atoms with E-state index < -0.39 is 22.9 Å². The van der Waals surface area contributed by atoms with Crippen LogP contribution in [0.2, 0.25) is 3.17 Å². The van der Waals surface area contributed by atoms with Crippen LogP contribution >= 0.6 is 0 Å². The van der Waals surface area contributed by atoms with Crippen molar-refractivity contribution in [2.45, 2.75) is 23.4 Å². The van der Waals surface area contributed by atoms with Gasteiger partial charge in [0.25, 0.3) is 0 Å². The van der Waals surface area contributed by atoms with Crippen molar-refractivity contribution in [2.75, 3.05) is 0 Å². The second kappa shape index (κ2) is 3.53. The molecule has 13 heavy (non-hydrogen) atoms. The Morgan fingerprint density at radius 3 is 2.85 bits per heavy atom. The molecule has 0 aromatic heterocycles. The minimum atomic E-state index is -0.650. The molecule has 0 bridgehead atoms. The van der Waals surface area contributed by atoms with Gasteiger partial charge >= 0.3 is 91.7 Å². The van der Waals surface area contributed by atoms with Crippen LogP contribution in [-0.4, -0.2) is 0 Å². The molecule has 0 saturated heterocycles. The SMILES string of the molecule is CC1=C[C](C)([Hf][C]2=CC=CC2)C=C1. The molecule has 0 amide bonds. The van der Waals surface area contributed by atoms with Gasteiger partial charge in [-0.1, -0.05) is 0 Å². The number of allylic oxidation sites excluding steroid dienone is 8. The summed E-state index contributed by atoms with van der Waals surface area (Å²) in [6.07, 6.45) is 15.2. The molecule has 2 rings (SSSR count). The van der Waals surface area contributed by atoms with Gasteiger partial charge in [0.2, 0.25) is 0 Å². The molecule has 0 aliphatic heterocycles. The molecule has 0 aromatic rings. The summed E-state index contributed by atoms with van der Waals surface area (Å²) in [7, 11) is 0. The average molecular weight is 337 g/mol. The molecule has 66 valence electrons. The van der Waals surface area contributed by atoms with E-state index >= 15 is 0 Å². The van der Waals surface area contributed by atoms with Gasteiger partial charge in [-0.05, 0) is 0 Å². The first kappa shape index (κ1) is 9.39. The Bertz CT molecular complexity index is 331. The molecule has 0 saturated carbocycles. The number of hydrogen-bond acceptors (Lipinski definition) is 0. The van der Waals surface area contributed by atoms with Crippen LogP contribution in [0.4, 0.5) is 0 Å². The van der Waals surface area contributed by atoms with Crippen molar-refractivity contribution >= 4 is 0 Å². The van der Waals surface area contributed by atoms with E-state index in [1.165, 1.54) is 12.0 Å². The van der Waals surface area contributed by atoms with Crippen molar-refractivity contribution in [1.29, 1.82) is 0 Å². The molecule has 0 heterocycles. The Morgan fingerprint density at radius 1 is 1.46 bits per heavy atom. The third-order valence-electron chi connectivity index (χ3n) is 2.42. The molecular formula is C12H14Hf. The second-order valence-electron chi connectivity index (χ2n) is 3.95. The topological polar surface area (TPSA) is 0 Å². The molecule has 2 aliphatic carbocycles. The quantitative estimate of drug-likeness (QED) is 0.676. The first-order valence-corrected chi connectivity index (χ1v) is 8.30. The predicted octanol–water partition coefficient (Wildman–Crippen LogP) is 3.61. The van der Waals surface area contributed by atoms with Crippen molar-refractivity contribution in [3.63, 3.8) is 0 Å². The van der Waals surface area contributed by atoms with Gasteiger partial charge in [0, 0.05) is 0 Å². The normalized spacial score (nSPS) is 30.6. The third-order valence-corrected chi connectivity index (χ3v) is 7.96. The van der Waals surface area contributed by atoms with Crippen LogP contribution in [0.5, 0.6) is 0 Å². The zero-order valence-corrected chi connectivity index (χ0v) is 11.8. The second-order valence-corrected chi connectivity index (χ2v) is 11.0. The average Bonchev–Trinajstić information content (AvgIpc) is 2.62. The Hall–Kier alpha value is -0.170. The fourth-order valence-electron chi connectivity index (χ4n) is 1.84. The maximum atomic E-state index is 2.45. The first-order valence-electron chi connectivity index (χ1n) is 4.71. The Kier molecular flexibility index (Phi) is 2.55. The van der Waals surface area contributed by atoms with Crippen LogP contribution < -0.4 is 0 Å². The first-order chi connectivity index (χ1) is 6.18. The van der Waals surface area contributed by atoms with Gasteiger partial charge < -0.3 is 0 Å². The summed E-state index contributed by atoms with van der Waals surface area (Å²) in [4.78, 5) is 0. The fourth-order valence-corrected chi connectivity index (χ4v) is 7.43. The summed E-state index contributed by atoms with van der Waals surface area (Å²) in [6, 6.07) is 0. The van der Waals surface area contributed by atoms with Gasteiger partial charge in [0.1, 0.15) is 0 Å². The van der Waals surface area contributed by atoms with E-state index in [1.807, 2.05) is 0 Å². The molecule has 1 heteroatoms. The van der Waals surface area contributed by atoms with Crippen molar-refractivity contribution in [3.05, 3.63) is 45.4 Å². The van der Waals surface area contributed by atoms with Crippen LogP contribution in [0.15, 0.2) is 45.4 Å². The van der Waals surface area contributed by atoms with E-state index in [4.69, 9.17) is 0 Å².